The van der Waals surface area contributed by atoms with Gasteiger partial charge in [0.25, 0.3) is 0 Å². The molecule has 21 heavy (non-hydrogen) atoms. The molecule has 0 spiro atoms. The SMILES string of the molecule is CC(=O)Oc1cc(C)c2c(c1C)C1OC(=O)C(C)C1CC2. The summed E-state index contributed by atoms with van der Waals surface area (Å²) < 4.78 is 10.9. The monoisotopic (exact) mass is 288 g/mol. The molecule has 3 rings (SSSR count). The van der Waals surface area contributed by atoms with Crippen molar-refractivity contribution in [2.45, 2.75) is 46.6 Å². The largest absolute Gasteiger partial charge is 0.457 e. The topological polar surface area (TPSA) is 52.6 Å². The molecule has 0 aromatic heterocycles. The van der Waals surface area contributed by atoms with E-state index in [1.165, 1.54) is 12.5 Å². The molecule has 0 N–H and O–H groups in total. The van der Waals surface area contributed by atoms with Crippen molar-refractivity contribution in [3.05, 3.63) is 28.3 Å². The Morgan fingerprint density at radius 3 is 2.76 bits per heavy atom. The maximum absolute atomic E-state index is 11.9. The first kappa shape index (κ1) is 14.1. The Morgan fingerprint density at radius 2 is 2.10 bits per heavy atom. The maximum Gasteiger partial charge on any atom is 0.309 e. The van der Waals surface area contributed by atoms with Crippen molar-refractivity contribution in [2.75, 3.05) is 0 Å². The van der Waals surface area contributed by atoms with Gasteiger partial charge in [0.2, 0.25) is 0 Å². The Kier molecular flexibility index (Phi) is 3.27. The van der Waals surface area contributed by atoms with Crippen LogP contribution in [0.3, 0.4) is 0 Å². The van der Waals surface area contributed by atoms with Gasteiger partial charge in [-0.15, -0.1) is 0 Å². The van der Waals surface area contributed by atoms with Crippen LogP contribution < -0.4 is 4.74 Å². The number of aryl methyl sites for hydroxylation is 1. The molecule has 3 unspecified atom stereocenters. The van der Waals surface area contributed by atoms with Gasteiger partial charge in [-0.05, 0) is 49.4 Å². The van der Waals surface area contributed by atoms with Crippen LogP contribution in [0.4, 0.5) is 0 Å². The zero-order valence-electron chi connectivity index (χ0n) is 12.9. The molecule has 4 heteroatoms. The molecular weight excluding hydrogens is 268 g/mol. The Hall–Kier alpha value is -1.84. The molecular formula is C17H20O4. The molecule has 112 valence electrons. The number of ether oxygens (including phenoxy) is 2. The molecule has 1 aromatic rings. The zero-order chi connectivity index (χ0) is 15.3. The van der Waals surface area contributed by atoms with Crippen LogP contribution in [0, 0.1) is 25.7 Å². The third-order valence-electron chi connectivity index (χ3n) is 4.83. The summed E-state index contributed by atoms with van der Waals surface area (Å²) in [6.07, 6.45) is 1.73. The van der Waals surface area contributed by atoms with E-state index in [4.69, 9.17) is 9.47 Å². The van der Waals surface area contributed by atoms with Gasteiger partial charge in [0.1, 0.15) is 11.9 Å². The molecule has 0 radical (unpaired) electrons. The summed E-state index contributed by atoms with van der Waals surface area (Å²) in [6.45, 7) is 7.30. The van der Waals surface area contributed by atoms with Crippen molar-refractivity contribution in [1.82, 2.24) is 0 Å². The first-order valence-electron chi connectivity index (χ1n) is 7.42. The Labute approximate surface area is 124 Å². The van der Waals surface area contributed by atoms with Crippen LogP contribution in [-0.2, 0) is 20.7 Å². The van der Waals surface area contributed by atoms with Gasteiger partial charge < -0.3 is 9.47 Å². The van der Waals surface area contributed by atoms with E-state index in [1.807, 2.05) is 26.8 Å². The third-order valence-corrected chi connectivity index (χ3v) is 4.83. The van der Waals surface area contributed by atoms with Crippen molar-refractivity contribution < 1.29 is 19.1 Å². The fraction of sp³-hybridized carbons (Fsp3) is 0.529. The fourth-order valence-electron chi connectivity index (χ4n) is 3.68. The van der Waals surface area contributed by atoms with Gasteiger partial charge in [0.15, 0.2) is 0 Å². The average Bonchev–Trinajstić information content (AvgIpc) is 2.70. The quantitative estimate of drug-likeness (QED) is 0.589. The first-order valence-corrected chi connectivity index (χ1v) is 7.42. The second-order valence-corrected chi connectivity index (χ2v) is 6.15. The molecule has 1 fully saturated rings. The molecule has 1 aliphatic carbocycles. The highest BCUT2D eigenvalue weighted by Gasteiger charge is 2.46. The Morgan fingerprint density at radius 1 is 1.38 bits per heavy atom. The zero-order valence-corrected chi connectivity index (χ0v) is 12.9. The molecule has 0 bridgehead atoms. The molecule has 4 nitrogen and oxygen atoms in total. The van der Waals surface area contributed by atoms with E-state index >= 15 is 0 Å². The number of esters is 2. The minimum atomic E-state index is -0.332. The molecule has 1 aromatic carbocycles. The fourth-order valence-corrected chi connectivity index (χ4v) is 3.68. The van der Waals surface area contributed by atoms with Crippen LogP contribution in [-0.4, -0.2) is 11.9 Å². The highest BCUT2D eigenvalue weighted by atomic mass is 16.6. The summed E-state index contributed by atoms with van der Waals surface area (Å²) >= 11 is 0. The lowest BCUT2D eigenvalue weighted by Gasteiger charge is -2.31. The number of hydrogen-bond donors (Lipinski definition) is 0. The van der Waals surface area contributed by atoms with Gasteiger partial charge in [-0.3, -0.25) is 9.59 Å². The van der Waals surface area contributed by atoms with Crippen LogP contribution >= 0.6 is 0 Å². The Bertz CT molecular complexity index is 632. The summed E-state index contributed by atoms with van der Waals surface area (Å²) in [4.78, 5) is 23.2. The van der Waals surface area contributed by atoms with Crippen molar-refractivity contribution in [3.8, 4) is 5.75 Å². The lowest BCUT2D eigenvalue weighted by Crippen LogP contribution is -2.23. The Balaban J connectivity index is 2.13. The number of hydrogen-bond acceptors (Lipinski definition) is 4. The van der Waals surface area contributed by atoms with Crippen LogP contribution in [0.2, 0.25) is 0 Å². The summed E-state index contributed by atoms with van der Waals surface area (Å²) in [5.74, 6) is 0.306. The highest BCUT2D eigenvalue weighted by molar-refractivity contribution is 5.76. The third kappa shape index (κ3) is 2.13. The molecule has 1 saturated heterocycles. The first-order chi connectivity index (χ1) is 9.90. The van der Waals surface area contributed by atoms with Gasteiger partial charge in [-0.25, -0.2) is 0 Å². The number of carbonyl (C=O) groups excluding carboxylic acids is 2. The van der Waals surface area contributed by atoms with Crippen molar-refractivity contribution >= 4 is 11.9 Å². The molecule has 2 aliphatic rings. The minimum absolute atomic E-state index is 0.0553. The van der Waals surface area contributed by atoms with Crippen LogP contribution in [0.5, 0.6) is 5.75 Å². The number of fused-ring (bicyclic) bond motifs is 3. The van der Waals surface area contributed by atoms with E-state index in [9.17, 15) is 9.59 Å². The van der Waals surface area contributed by atoms with Crippen molar-refractivity contribution in [1.29, 1.82) is 0 Å². The van der Waals surface area contributed by atoms with E-state index in [2.05, 4.69) is 0 Å². The van der Waals surface area contributed by atoms with E-state index in [-0.39, 0.29) is 29.9 Å². The molecule has 1 heterocycles. The predicted octanol–water partition coefficient (Wildman–Crippen LogP) is 3.03. The second kappa shape index (κ2) is 4.86. The van der Waals surface area contributed by atoms with Gasteiger partial charge in [-0.1, -0.05) is 6.92 Å². The second-order valence-electron chi connectivity index (χ2n) is 6.15. The maximum atomic E-state index is 11.9. The van der Waals surface area contributed by atoms with Crippen molar-refractivity contribution in [2.24, 2.45) is 11.8 Å². The summed E-state index contributed by atoms with van der Waals surface area (Å²) in [7, 11) is 0. The number of rotatable bonds is 1. The van der Waals surface area contributed by atoms with E-state index in [0.717, 1.165) is 29.5 Å². The van der Waals surface area contributed by atoms with Gasteiger partial charge in [-0.2, -0.15) is 0 Å². The van der Waals surface area contributed by atoms with Crippen molar-refractivity contribution in [3.63, 3.8) is 0 Å². The standard InChI is InChI=1S/C17H20O4/c1-8-7-14(20-11(4)18)10(3)15-12(8)5-6-13-9(2)17(19)21-16(13)15/h7,9,13,16H,5-6H2,1-4H3. The molecule has 1 aliphatic heterocycles. The van der Waals surface area contributed by atoms with Gasteiger partial charge >= 0.3 is 11.9 Å². The summed E-state index contributed by atoms with van der Waals surface area (Å²) in [5.41, 5.74) is 4.31. The van der Waals surface area contributed by atoms with Gasteiger partial charge in [0, 0.05) is 18.4 Å². The summed E-state index contributed by atoms with van der Waals surface area (Å²) in [6, 6.07) is 1.91. The van der Waals surface area contributed by atoms with Crippen LogP contribution in [0.1, 0.15) is 48.6 Å². The van der Waals surface area contributed by atoms with Crippen LogP contribution in [0.25, 0.3) is 0 Å². The predicted molar refractivity (Wildman–Crippen MR) is 77.0 cm³/mol. The average molecular weight is 288 g/mol. The molecule has 0 amide bonds. The van der Waals surface area contributed by atoms with Gasteiger partial charge in [0.05, 0.1) is 5.92 Å². The van der Waals surface area contributed by atoms with Crippen LogP contribution in [0.15, 0.2) is 6.07 Å². The number of benzene rings is 1. The normalized spacial score (nSPS) is 26.9. The highest BCUT2D eigenvalue weighted by Crippen LogP contribution is 2.49. The minimum Gasteiger partial charge on any atom is -0.457 e. The lowest BCUT2D eigenvalue weighted by atomic mass is 9.74. The van der Waals surface area contributed by atoms with E-state index in [0.29, 0.717) is 5.75 Å². The molecule has 0 saturated carbocycles. The van der Waals surface area contributed by atoms with E-state index < -0.39 is 0 Å². The summed E-state index contributed by atoms with van der Waals surface area (Å²) in [5, 5.41) is 0. The number of carbonyl (C=O) groups is 2. The van der Waals surface area contributed by atoms with E-state index in [1.54, 1.807) is 0 Å². The smallest absolute Gasteiger partial charge is 0.309 e. The molecule has 3 atom stereocenters. The lowest BCUT2D eigenvalue weighted by molar-refractivity contribution is -0.144.